The fraction of sp³-hybridized carbons (Fsp3) is 0.346. The van der Waals surface area contributed by atoms with Crippen LogP contribution in [-0.4, -0.2) is 40.0 Å². The number of benzene rings is 2. The molecule has 1 saturated heterocycles. The van der Waals surface area contributed by atoms with Gasteiger partial charge in [0.05, 0.1) is 16.8 Å². The number of carbonyl (C=O) groups excluding carboxylic acids is 2. The van der Waals surface area contributed by atoms with Crippen LogP contribution in [0.15, 0.2) is 54.6 Å². The van der Waals surface area contributed by atoms with Crippen molar-refractivity contribution in [3.05, 3.63) is 71.4 Å². The van der Waals surface area contributed by atoms with E-state index in [0.717, 1.165) is 53.0 Å². The van der Waals surface area contributed by atoms with E-state index in [-0.39, 0.29) is 5.91 Å². The summed E-state index contributed by atoms with van der Waals surface area (Å²) in [6.45, 7) is 3.89. The summed E-state index contributed by atoms with van der Waals surface area (Å²) in [5.41, 5.74) is 4.91. The third kappa shape index (κ3) is 4.04. The highest BCUT2D eigenvalue weighted by molar-refractivity contribution is 5.96. The lowest BCUT2D eigenvalue weighted by Crippen LogP contribution is -2.48. The third-order valence-electron chi connectivity index (χ3n) is 6.84. The van der Waals surface area contributed by atoms with E-state index in [1.54, 1.807) is 5.48 Å². The molecule has 2 atom stereocenters. The molecular formula is C26H27N3O4. The molecule has 7 nitrogen and oxygen atoms in total. The molecule has 2 N–H and O–H groups in total. The third-order valence-corrected chi connectivity index (χ3v) is 6.84. The Morgan fingerprint density at radius 2 is 1.94 bits per heavy atom. The van der Waals surface area contributed by atoms with Crippen molar-refractivity contribution in [3.8, 4) is 5.75 Å². The number of hydrogen-bond acceptors (Lipinski definition) is 5. The topological polar surface area (TPSA) is 91.8 Å². The van der Waals surface area contributed by atoms with Gasteiger partial charge >= 0.3 is 0 Å². The molecule has 1 saturated carbocycles. The number of likely N-dealkylation sites (tertiary alicyclic amines) is 1. The lowest BCUT2D eigenvalue weighted by Gasteiger charge is -2.34. The number of fused-ring (bicyclic) bond motifs is 1. The lowest BCUT2D eigenvalue weighted by molar-refractivity contribution is -0.144. The van der Waals surface area contributed by atoms with Gasteiger partial charge in [-0.3, -0.25) is 19.8 Å². The second kappa shape index (κ2) is 8.48. The van der Waals surface area contributed by atoms with Crippen LogP contribution in [-0.2, 0) is 22.6 Å². The molecule has 2 amide bonds. The summed E-state index contributed by atoms with van der Waals surface area (Å²) in [5.74, 6) is -0.220. The van der Waals surface area contributed by atoms with E-state index in [2.05, 4.69) is 4.98 Å². The number of ether oxygens (including phenoxy) is 1. The maximum absolute atomic E-state index is 13.0. The zero-order chi connectivity index (χ0) is 23.0. The monoisotopic (exact) mass is 445 g/mol. The highest BCUT2D eigenvalue weighted by Crippen LogP contribution is 2.56. The van der Waals surface area contributed by atoms with Crippen molar-refractivity contribution in [2.24, 2.45) is 11.3 Å². The Hall–Kier alpha value is -3.45. The van der Waals surface area contributed by atoms with Gasteiger partial charge < -0.3 is 9.64 Å². The summed E-state index contributed by atoms with van der Waals surface area (Å²) in [4.78, 5) is 31.5. The first-order chi connectivity index (χ1) is 16.0. The summed E-state index contributed by atoms with van der Waals surface area (Å²) in [6.07, 6.45) is 1.92. The van der Waals surface area contributed by atoms with Crippen LogP contribution >= 0.6 is 0 Å². The van der Waals surface area contributed by atoms with Gasteiger partial charge in [0.1, 0.15) is 12.4 Å². The first kappa shape index (κ1) is 21.4. The Balaban J connectivity index is 1.29. The Morgan fingerprint density at radius 3 is 2.64 bits per heavy atom. The number of aromatic nitrogens is 1. The molecule has 2 aromatic carbocycles. The summed E-state index contributed by atoms with van der Waals surface area (Å²) >= 11 is 0. The van der Waals surface area contributed by atoms with Gasteiger partial charge in [0.15, 0.2) is 0 Å². The Morgan fingerprint density at radius 1 is 1.18 bits per heavy atom. The van der Waals surface area contributed by atoms with Crippen molar-refractivity contribution in [2.45, 2.75) is 32.8 Å². The maximum atomic E-state index is 13.0. The van der Waals surface area contributed by atoms with E-state index in [4.69, 9.17) is 9.94 Å². The first-order valence-electron chi connectivity index (χ1n) is 11.3. The zero-order valence-electron chi connectivity index (χ0n) is 18.6. The first-order valence-corrected chi connectivity index (χ1v) is 11.3. The van der Waals surface area contributed by atoms with Gasteiger partial charge in [-0.05, 0) is 56.0 Å². The van der Waals surface area contributed by atoms with Crippen LogP contribution < -0.4 is 10.2 Å². The number of rotatable bonds is 7. The normalized spacial score (nSPS) is 21.4. The average molecular weight is 446 g/mol. The molecule has 0 radical (unpaired) electrons. The minimum Gasteiger partial charge on any atom is -0.489 e. The summed E-state index contributed by atoms with van der Waals surface area (Å²) in [7, 11) is 0. The van der Waals surface area contributed by atoms with Crippen molar-refractivity contribution in [1.29, 1.82) is 0 Å². The van der Waals surface area contributed by atoms with Crippen LogP contribution in [0.2, 0.25) is 0 Å². The predicted octanol–water partition coefficient (Wildman–Crippen LogP) is 3.41. The molecule has 2 fully saturated rings. The second-order valence-electron chi connectivity index (χ2n) is 9.08. The Labute approximate surface area is 192 Å². The molecule has 170 valence electrons. The van der Waals surface area contributed by atoms with Crippen LogP contribution in [0.5, 0.6) is 5.75 Å². The van der Waals surface area contributed by atoms with Crippen LogP contribution in [0.25, 0.3) is 10.9 Å². The minimum absolute atomic E-state index is 0.0163. The Bertz CT molecular complexity index is 1210. The molecule has 5 rings (SSSR count). The highest BCUT2D eigenvalue weighted by atomic mass is 16.5. The fourth-order valence-corrected chi connectivity index (χ4v) is 4.81. The number of amides is 2. The van der Waals surface area contributed by atoms with Gasteiger partial charge in [0, 0.05) is 29.7 Å². The molecule has 1 aromatic heterocycles. The molecule has 2 aliphatic rings. The minimum atomic E-state index is -0.761. The molecule has 1 aliphatic carbocycles. The largest absolute Gasteiger partial charge is 0.489 e. The molecule has 2 heterocycles. The number of carbonyl (C=O) groups is 2. The summed E-state index contributed by atoms with van der Waals surface area (Å²) in [6, 6.07) is 17.8. The van der Waals surface area contributed by atoms with Crippen molar-refractivity contribution >= 4 is 22.7 Å². The molecule has 3 aromatic rings. The number of hydroxylamine groups is 1. The Kier molecular flexibility index (Phi) is 5.50. The molecule has 7 heteroatoms. The van der Waals surface area contributed by atoms with Crippen LogP contribution in [0.3, 0.4) is 0 Å². The fourth-order valence-electron chi connectivity index (χ4n) is 4.81. The van der Waals surface area contributed by atoms with Gasteiger partial charge in [-0.1, -0.05) is 30.3 Å². The van der Waals surface area contributed by atoms with Gasteiger partial charge in [-0.25, -0.2) is 5.48 Å². The number of aryl methyl sites for hydroxylation is 1. The second-order valence-corrected chi connectivity index (χ2v) is 9.08. The maximum Gasteiger partial charge on any atom is 0.247 e. The molecule has 1 aliphatic heterocycles. The summed E-state index contributed by atoms with van der Waals surface area (Å²) < 4.78 is 6.04. The van der Waals surface area contributed by atoms with Gasteiger partial charge in [-0.2, -0.15) is 0 Å². The number of pyridine rings is 1. The van der Waals surface area contributed by atoms with E-state index < -0.39 is 17.2 Å². The average Bonchev–Trinajstić information content (AvgIpc) is 3.52. The van der Waals surface area contributed by atoms with E-state index in [9.17, 15) is 9.59 Å². The standard InChI is InChI=1S/C26H27N3O4/c1-17-13-19(21-5-2-3-6-23(21)27-17)16-33-20-9-7-18(8-10-20)14-26(15-22(26)24(30)28-32)25(31)29-11-4-12-29/h2-3,5-10,13,22,32H,4,11-12,14-16H2,1H3,(H,28,30). The number of para-hydroxylation sites is 1. The zero-order valence-corrected chi connectivity index (χ0v) is 18.6. The van der Waals surface area contributed by atoms with Crippen molar-refractivity contribution in [2.75, 3.05) is 13.1 Å². The number of nitrogens with zero attached hydrogens (tertiary/aromatic N) is 2. The van der Waals surface area contributed by atoms with E-state index in [1.165, 1.54) is 0 Å². The quantitative estimate of drug-likeness (QED) is 0.430. The molecule has 0 bridgehead atoms. The smallest absolute Gasteiger partial charge is 0.247 e. The number of nitrogens with one attached hydrogen (secondary N) is 1. The van der Waals surface area contributed by atoms with Crippen LogP contribution in [0, 0.1) is 18.3 Å². The molecular weight excluding hydrogens is 418 g/mol. The van der Waals surface area contributed by atoms with E-state index in [0.29, 0.717) is 19.4 Å². The van der Waals surface area contributed by atoms with Gasteiger partial charge in [0.2, 0.25) is 11.8 Å². The summed E-state index contributed by atoms with van der Waals surface area (Å²) in [5, 5.41) is 10.1. The predicted molar refractivity (Wildman–Crippen MR) is 123 cm³/mol. The van der Waals surface area contributed by atoms with E-state index in [1.807, 2.05) is 66.4 Å². The van der Waals surface area contributed by atoms with Crippen molar-refractivity contribution in [3.63, 3.8) is 0 Å². The molecule has 2 unspecified atom stereocenters. The highest BCUT2D eigenvalue weighted by Gasteiger charge is 2.64. The van der Waals surface area contributed by atoms with E-state index >= 15 is 0 Å². The van der Waals surface area contributed by atoms with Crippen LogP contribution in [0.1, 0.15) is 29.7 Å². The van der Waals surface area contributed by atoms with Gasteiger partial charge in [-0.15, -0.1) is 0 Å². The number of hydrogen-bond donors (Lipinski definition) is 2. The molecule has 33 heavy (non-hydrogen) atoms. The SMILES string of the molecule is Cc1cc(COc2ccc(CC3(C(=O)N4CCC4)CC3C(=O)NO)cc2)c2ccccc2n1. The van der Waals surface area contributed by atoms with Crippen LogP contribution in [0.4, 0.5) is 0 Å². The van der Waals surface area contributed by atoms with Crippen molar-refractivity contribution < 1.29 is 19.5 Å². The van der Waals surface area contributed by atoms with Crippen molar-refractivity contribution in [1.82, 2.24) is 15.4 Å². The molecule has 0 spiro atoms. The van der Waals surface area contributed by atoms with Gasteiger partial charge in [0.25, 0.3) is 0 Å². The lowest BCUT2D eigenvalue weighted by atomic mass is 9.91.